The highest BCUT2D eigenvalue weighted by molar-refractivity contribution is 5.74. The van der Waals surface area contributed by atoms with Gasteiger partial charge < -0.3 is 15.3 Å². The molecule has 0 aliphatic rings. The number of amides is 2. The van der Waals surface area contributed by atoms with E-state index >= 15 is 0 Å². The standard InChI is InChI=1S/C13H28N2O2/c1-6-15(7-2)12(16)14-10-13(5,17)9-8-11(3)4/h11,17H,6-10H2,1-5H3,(H,14,16). The molecule has 0 aliphatic heterocycles. The second-order valence-electron chi connectivity index (χ2n) is 5.26. The molecule has 0 saturated carbocycles. The van der Waals surface area contributed by atoms with Crippen LogP contribution < -0.4 is 5.32 Å². The van der Waals surface area contributed by atoms with E-state index in [-0.39, 0.29) is 6.03 Å². The van der Waals surface area contributed by atoms with Crippen LogP contribution in [-0.4, -0.2) is 41.3 Å². The number of hydrogen-bond donors (Lipinski definition) is 2. The number of nitrogens with zero attached hydrogens (tertiary/aromatic N) is 1. The third kappa shape index (κ3) is 7.21. The lowest BCUT2D eigenvalue weighted by molar-refractivity contribution is 0.0462. The van der Waals surface area contributed by atoms with Crippen molar-refractivity contribution in [3.63, 3.8) is 0 Å². The zero-order valence-corrected chi connectivity index (χ0v) is 11.9. The lowest BCUT2D eigenvalue weighted by atomic mass is 9.95. The maximum Gasteiger partial charge on any atom is 0.317 e. The molecule has 0 bridgehead atoms. The third-order valence-corrected chi connectivity index (χ3v) is 2.93. The Kier molecular flexibility index (Phi) is 7.19. The van der Waals surface area contributed by atoms with Gasteiger partial charge in [0, 0.05) is 19.6 Å². The van der Waals surface area contributed by atoms with E-state index in [4.69, 9.17) is 0 Å². The summed E-state index contributed by atoms with van der Waals surface area (Å²) in [5.41, 5.74) is -0.812. The molecule has 2 N–H and O–H groups in total. The molecular weight excluding hydrogens is 216 g/mol. The topological polar surface area (TPSA) is 52.6 Å². The first-order valence-electron chi connectivity index (χ1n) is 6.57. The van der Waals surface area contributed by atoms with Crippen molar-refractivity contribution in [2.24, 2.45) is 5.92 Å². The van der Waals surface area contributed by atoms with Gasteiger partial charge in [0.1, 0.15) is 0 Å². The van der Waals surface area contributed by atoms with Crippen LogP contribution in [0.1, 0.15) is 47.5 Å². The molecular formula is C13H28N2O2. The summed E-state index contributed by atoms with van der Waals surface area (Å²) >= 11 is 0. The van der Waals surface area contributed by atoms with E-state index in [1.54, 1.807) is 11.8 Å². The van der Waals surface area contributed by atoms with E-state index in [2.05, 4.69) is 19.2 Å². The van der Waals surface area contributed by atoms with E-state index < -0.39 is 5.60 Å². The van der Waals surface area contributed by atoms with Crippen LogP contribution in [-0.2, 0) is 0 Å². The van der Waals surface area contributed by atoms with Crippen molar-refractivity contribution in [1.82, 2.24) is 10.2 Å². The number of rotatable bonds is 7. The minimum atomic E-state index is -0.812. The number of hydrogen-bond acceptors (Lipinski definition) is 2. The van der Waals surface area contributed by atoms with E-state index in [0.717, 1.165) is 6.42 Å². The highest BCUT2D eigenvalue weighted by Gasteiger charge is 2.22. The molecule has 0 aromatic carbocycles. The Morgan fingerprint density at radius 1 is 1.35 bits per heavy atom. The summed E-state index contributed by atoms with van der Waals surface area (Å²) in [6, 6.07) is -0.0974. The van der Waals surface area contributed by atoms with Crippen molar-refractivity contribution >= 4 is 6.03 Å². The molecule has 0 aliphatic carbocycles. The monoisotopic (exact) mass is 244 g/mol. The summed E-state index contributed by atoms with van der Waals surface area (Å²) in [7, 11) is 0. The first-order valence-corrected chi connectivity index (χ1v) is 6.57. The summed E-state index contributed by atoms with van der Waals surface area (Å²) in [6.07, 6.45) is 1.68. The summed E-state index contributed by atoms with van der Waals surface area (Å²) in [5.74, 6) is 0.569. The van der Waals surface area contributed by atoms with Crippen LogP contribution in [0.2, 0.25) is 0 Å². The first-order chi connectivity index (χ1) is 7.82. The smallest absolute Gasteiger partial charge is 0.317 e. The molecule has 0 rings (SSSR count). The van der Waals surface area contributed by atoms with Crippen molar-refractivity contribution in [3.05, 3.63) is 0 Å². The molecule has 0 radical (unpaired) electrons. The number of carbonyl (C=O) groups excluding carboxylic acids is 1. The van der Waals surface area contributed by atoms with Crippen LogP contribution in [0.3, 0.4) is 0 Å². The largest absolute Gasteiger partial charge is 0.388 e. The normalized spacial score (nSPS) is 14.5. The van der Waals surface area contributed by atoms with E-state index in [1.807, 2.05) is 13.8 Å². The second-order valence-corrected chi connectivity index (χ2v) is 5.26. The molecule has 0 spiro atoms. The van der Waals surface area contributed by atoms with Gasteiger partial charge in [-0.2, -0.15) is 0 Å². The molecule has 17 heavy (non-hydrogen) atoms. The van der Waals surface area contributed by atoms with Gasteiger partial charge >= 0.3 is 6.03 Å². The zero-order chi connectivity index (χ0) is 13.5. The summed E-state index contributed by atoms with van der Waals surface area (Å²) in [4.78, 5) is 13.4. The molecule has 4 nitrogen and oxygen atoms in total. The highest BCUT2D eigenvalue weighted by Crippen LogP contribution is 2.15. The van der Waals surface area contributed by atoms with Crippen LogP contribution in [0.15, 0.2) is 0 Å². The minimum Gasteiger partial charge on any atom is -0.388 e. The molecule has 0 fully saturated rings. The first kappa shape index (κ1) is 16.2. The minimum absolute atomic E-state index is 0.0974. The zero-order valence-electron chi connectivity index (χ0n) is 11.9. The summed E-state index contributed by atoms with van der Waals surface area (Å²) in [6.45, 7) is 11.6. The maximum atomic E-state index is 11.7. The molecule has 1 unspecified atom stereocenters. The van der Waals surface area contributed by atoms with Gasteiger partial charge in [0.25, 0.3) is 0 Å². The van der Waals surface area contributed by atoms with Gasteiger partial charge in [-0.05, 0) is 39.5 Å². The fourth-order valence-corrected chi connectivity index (χ4v) is 1.58. The predicted octanol–water partition coefficient (Wildman–Crippen LogP) is 2.22. The van der Waals surface area contributed by atoms with Crippen molar-refractivity contribution < 1.29 is 9.90 Å². The van der Waals surface area contributed by atoms with Crippen LogP contribution in [0.25, 0.3) is 0 Å². The second kappa shape index (κ2) is 7.54. The van der Waals surface area contributed by atoms with E-state index in [1.165, 1.54) is 0 Å². The van der Waals surface area contributed by atoms with E-state index in [0.29, 0.717) is 32.0 Å². The average Bonchev–Trinajstić information content (AvgIpc) is 2.26. The van der Waals surface area contributed by atoms with Gasteiger partial charge in [-0.1, -0.05) is 13.8 Å². The molecule has 0 heterocycles. The van der Waals surface area contributed by atoms with Gasteiger partial charge in [-0.25, -0.2) is 4.79 Å². The fourth-order valence-electron chi connectivity index (χ4n) is 1.58. The summed E-state index contributed by atoms with van der Waals surface area (Å²) < 4.78 is 0. The summed E-state index contributed by atoms with van der Waals surface area (Å²) in [5, 5.41) is 12.9. The number of carbonyl (C=O) groups is 1. The van der Waals surface area contributed by atoms with Crippen LogP contribution in [0, 0.1) is 5.92 Å². The Balaban J connectivity index is 4.03. The van der Waals surface area contributed by atoms with E-state index in [9.17, 15) is 9.90 Å². The van der Waals surface area contributed by atoms with Crippen LogP contribution in [0.4, 0.5) is 4.79 Å². The van der Waals surface area contributed by atoms with Gasteiger partial charge in [-0.15, -0.1) is 0 Å². The van der Waals surface area contributed by atoms with Gasteiger partial charge in [0.15, 0.2) is 0 Å². The Morgan fingerprint density at radius 2 is 1.88 bits per heavy atom. The third-order valence-electron chi connectivity index (χ3n) is 2.93. The van der Waals surface area contributed by atoms with Gasteiger partial charge in [0.05, 0.1) is 5.60 Å². The lowest BCUT2D eigenvalue weighted by Gasteiger charge is -2.27. The molecule has 0 aromatic heterocycles. The number of urea groups is 1. The Bertz CT molecular complexity index is 223. The molecule has 0 aromatic rings. The van der Waals surface area contributed by atoms with Crippen molar-refractivity contribution in [2.45, 2.75) is 53.1 Å². The Hall–Kier alpha value is -0.770. The molecule has 4 heteroatoms. The Labute approximate surface area is 105 Å². The Morgan fingerprint density at radius 3 is 2.29 bits per heavy atom. The van der Waals surface area contributed by atoms with Crippen molar-refractivity contribution in [2.75, 3.05) is 19.6 Å². The molecule has 1 atom stereocenters. The highest BCUT2D eigenvalue weighted by atomic mass is 16.3. The van der Waals surface area contributed by atoms with Crippen molar-refractivity contribution in [3.8, 4) is 0 Å². The van der Waals surface area contributed by atoms with Crippen LogP contribution in [0.5, 0.6) is 0 Å². The van der Waals surface area contributed by atoms with Gasteiger partial charge in [0.2, 0.25) is 0 Å². The van der Waals surface area contributed by atoms with Gasteiger partial charge in [-0.3, -0.25) is 0 Å². The SMILES string of the molecule is CCN(CC)C(=O)NCC(C)(O)CCC(C)C. The quantitative estimate of drug-likeness (QED) is 0.721. The predicted molar refractivity (Wildman–Crippen MR) is 71.0 cm³/mol. The molecule has 2 amide bonds. The molecule has 0 saturated heterocycles. The average molecular weight is 244 g/mol. The maximum absolute atomic E-state index is 11.7. The van der Waals surface area contributed by atoms with Crippen LogP contribution >= 0.6 is 0 Å². The number of nitrogens with one attached hydrogen (secondary N) is 1. The molecule has 102 valence electrons. The number of aliphatic hydroxyl groups is 1. The fraction of sp³-hybridized carbons (Fsp3) is 0.923. The van der Waals surface area contributed by atoms with Crippen molar-refractivity contribution in [1.29, 1.82) is 0 Å². The lowest BCUT2D eigenvalue weighted by Crippen LogP contribution is -2.46.